The van der Waals surface area contributed by atoms with Gasteiger partial charge in [0.25, 0.3) is 0 Å². The van der Waals surface area contributed by atoms with Crippen molar-refractivity contribution in [2.24, 2.45) is 11.7 Å². The number of carboxylic acids is 1. The minimum Gasteiger partial charge on any atom is -0.480 e. The first kappa shape index (κ1) is 24.1. The lowest BCUT2D eigenvalue weighted by Crippen LogP contribution is -2.58. The van der Waals surface area contributed by atoms with Crippen molar-refractivity contribution in [2.75, 3.05) is 13.2 Å². The number of aliphatic hydroxyl groups excluding tert-OH is 1. The Balaban J connectivity index is 2.88. The van der Waals surface area contributed by atoms with Crippen LogP contribution in [0.1, 0.15) is 19.4 Å². The van der Waals surface area contributed by atoms with E-state index in [-0.39, 0.29) is 12.3 Å². The molecule has 0 radical (unpaired) electrons. The highest BCUT2D eigenvalue weighted by Crippen LogP contribution is 2.05. The van der Waals surface area contributed by atoms with Gasteiger partial charge in [-0.15, -0.1) is 0 Å². The van der Waals surface area contributed by atoms with Gasteiger partial charge in [0.15, 0.2) is 0 Å². The number of carbonyl (C=O) groups is 4. The van der Waals surface area contributed by atoms with Crippen LogP contribution >= 0.6 is 0 Å². The van der Waals surface area contributed by atoms with Crippen LogP contribution in [0.25, 0.3) is 0 Å². The van der Waals surface area contributed by atoms with Gasteiger partial charge >= 0.3 is 5.97 Å². The van der Waals surface area contributed by atoms with E-state index >= 15 is 0 Å². The zero-order valence-corrected chi connectivity index (χ0v) is 16.4. The summed E-state index contributed by atoms with van der Waals surface area (Å²) >= 11 is 0. The summed E-state index contributed by atoms with van der Waals surface area (Å²) in [6.45, 7) is 2.17. The van der Waals surface area contributed by atoms with E-state index in [1.54, 1.807) is 44.2 Å². The van der Waals surface area contributed by atoms with Gasteiger partial charge in [-0.1, -0.05) is 44.2 Å². The van der Waals surface area contributed by atoms with Crippen LogP contribution in [0.5, 0.6) is 0 Å². The van der Waals surface area contributed by atoms with Crippen molar-refractivity contribution in [3.05, 3.63) is 35.9 Å². The first-order valence-electron chi connectivity index (χ1n) is 9.16. The molecule has 0 saturated carbocycles. The van der Waals surface area contributed by atoms with Gasteiger partial charge in [0, 0.05) is 6.42 Å². The van der Waals surface area contributed by atoms with Crippen molar-refractivity contribution >= 4 is 23.7 Å². The molecule has 3 atom stereocenters. The molecular formula is C19H28N4O6. The number of hydrogen-bond donors (Lipinski definition) is 6. The molecule has 0 aliphatic heterocycles. The van der Waals surface area contributed by atoms with Gasteiger partial charge in [0.2, 0.25) is 17.7 Å². The maximum atomic E-state index is 12.5. The van der Waals surface area contributed by atoms with Crippen molar-refractivity contribution in [1.82, 2.24) is 16.0 Å². The number of amides is 3. The van der Waals surface area contributed by atoms with E-state index in [4.69, 9.17) is 10.8 Å². The lowest BCUT2D eigenvalue weighted by molar-refractivity contribution is -0.138. The van der Waals surface area contributed by atoms with Crippen molar-refractivity contribution in [3.8, 4) is 0 Å². The van der Waals surface area contributed by atoms with Gasteiger partial charge in [-0.2, -0.15) is 0 Å². The molecule has 3 unspecified atom stereocenters. The molecule has 0 spiro atoms. The Kier molecular flexibility index (Phi) is 9.76. The molecule has 0 heterocycles. The number of aliphatic hydroxyl groups is 1. The van der Waals surface area contributed by atoms with Crippen molar-refractivity contribution in [3.63, 3.8) is 0 Å². The third-order valence-electron chi connectivity index (χ3n) is 4.17. The molecule has 0 fully saturated rings. The summed E-state index contributed by atoms with van der Waals surface area (Å²) in [5, 5.41) is 25.3. The van der Waals surface area contributed by atoms with Gasteiger partial charge in [-0.05, 0) is 11.5 Å². The minimum absolute atomic E-state index is 0.0929. The van der Waals surface area contributed by atoms with Crippen molar-refractivity contribution < 1.29 is 29.4 Å². The molecule has 0 bridgehead atoms. The van der Waals surface area contributed by atoms with Gasteiger partial charge in [0.05, 0.1) is 12.6 Å². The summed E-state index contributed by atoms with van der Waals surface area (Å²) in [7, 11) is 0. The predicted octanol–water partition coefficient (Wildman–Crippen LogP) is -1.62. The Morgan fingerprint density at radius 1 is 0.966 bits per heavy atom. The fourth-order valence-electron chi connectivity index (χ4n) is 2.38. The second-order valence-electron chi connectivity index (χ2n) is 6.88. The van der Waals surface area contributed by atoms with Crippen LogP contribution in [0.3, 0.4) is 0 Å². The first-order valence-corrected chi connectivity index (χ1v) is 9.16. The Morgan fingerprint density at radius 2 is 1.55 bits per heavy atom. The molecule has 160 valence electrons. The highest BCUT2D eigenvalue weighted by Gasteiger charge is 2.28. The average molecular weight is 408 g/mol. The fourth-order valence-corrected chi connectivity index (χ4v) is 2.38. The van der Waals surface area contributed by atoms with Crippen molar-refractivity contribution in [2.45, 2.75) is 38.4 Å². The monoisotopic (exact) mass is 408 g/mol. The number of aliphatic carboxylic acids is 1. The van der Waals surface area contributed by atoms with Crippen LogP contribution in [0.15, 0.2) is 30.3 Å². The second-order valence-corrected chi connectivity index (χ2v) is 6.88. The molecule has 1 aromatic carbocycles. The molecule has 0 saturated heterocycles. The fraction of sp³-hybridized carbons (Fsp3) is 0.474. The van der Waals surface area contributed by atoms with E-state index in [9.17, 15) is 24.3 Å². The highest BCUT2D eigenvalue weighted by molar-refractivity contribution is 5.93. The van der Waals surface area contributed by atoms with E-state index < -0.39 is 55.0 Å². The molecule has 3 amide bonds. The maximum absolute atomic E-state index is 12.5. The zero-order valence-electron chi connectivity index (χ0n) is 16.4. The molecule has 10 heteroatoms. The number of carbonyl (C=O) groups excluding carboxylic acids is 3. The molecule has 29 heavy (non-hydrogen) atoms. The summed E-state index contributed by atoms with van der Waals surface area (Å²) in [6.07, 6.45) is 0.0929. The minimum atomic E-state index is -1.31. The van der Waals surface area contributed by atoms with Crippen LogP contribution in [-0.2, 0) is 25.6 Å². The van der Waals surface area contributed by atoms with Crippen LogP contribution in [0, 0.1) is 5.92 Å². The Labute approximate surface area is 168 Å². The third kappa shape index (κ3) is 8.28. The smallest absolute Gasteiger partial charge is 0.322 e. The average Bonchev–Trinajstić information content (AvgIpc) is 2.69. The molecule has 0 aliphatic carbocycles. The predicted molar refractivity (Wildman–Crippen MR) is 105 cm³/mol. The summed E-state index contributed by atoms with van der Waals surface area (Å²) in [5.41, 5.74) is 6.47. The molecule has 0 aliphatic rings. The highest BCUT2D eigenvalue weighted by atomic mass is 16.4. The number of rotatable bonds is 11. The summed E-state index contributed by atoms with van der Waals surface area (Å²) in [6, 6.07) is 5.52. The molecule has 7 N–H and O–H groups in total. The topological polar surface area (TPSA) is 171 Å². The van der Waals surface area contributed by atoms with E-state index in [0.29, 0.717) is 0 Å². The van der Waals surface area contributed by atoms with Gasteiger partial charge in [-0.25, -0.2) is 0 Å². The number of carboxylic acid groups (broad SMARTS) is 1. The van der Waals surface area contributed by atoms with Crippen LogP contribution < -0.4 is 21.7 Å². The third-order valence-corrected chi connectivity index (χ3v) is 4.17. The van der Waals surface area contributed by atoms with E-state index in [0.717, 1.165) is 5.56 Å². The van der Waals surface area contributed by atoms with Crippen LogP contribution in [0.4, 0.5) is 0 Å². The van der Waals surface area contributed by atoms with E-state index in [1.165, 1.54) is 0 Å². The molecular weight excluding hydrogens is 380 g/mol. The van der Waals surface area contributed by atoms with E-state index in [2.05, 4.69) is 16.0 Å². The molecule has 10 nitrogen and oxygen atoms in total. The number of nitrogens with two attached hydrogens (primary N) is 1. The summed E-state index contributed by atoms with van der Waals surface area (Å²) in [4.78, 5) is 47.7. The number of hydrogen-bond acceptors (Lipinski definition) is 6. The summed E-state index contributed by atoms with van der Waals surface area (Å²) < 4.78 is 0. The largest absolute Gasteiger partial charge is 0.480 e. The Morgan fingerprint density at radius 3 is 2.07 bits per heavy atom. The van der Waals surface area contributed by atoms with Crippen molar-refractivity contribution in [1.29, 1.82) is 0 Å². The standard InChI is InChI=1S/C19H28N4O6/c1-11(2)16(20)19(29)23-14(10-24)18(28)22-13(17(27)21-9-15(25)26)8-12-6-4-3-5-7-12/h3-7,11,13-14,16,24H,8-10,20H2,1-2H3,(H,21,27)(H,22,28)(H,23,29)(H,25,26). The lowest BCUT2D eigenvalue weighted by Gasteiger charge is -2.23. The maximum Gasteiger partial charge on any atom is 0.322 e. The van der Waals surface area contributed by atoms with Gasteiger partial charge in [-0.3, -0.25) is 19.2 Å². The number of benzene rings is 1. The normalized spacial score (nSPS) is 13.8. The quantitative estimate of drug-likeness (QED) is 0.255. The zero-order chi connectivity index (χ0) is 22.0. The number of nitrogens with one attached hydrogen (secondary N) is 3. The Hall–Kier alpha value is -2.98. The van der Waals surface area contributed by atoms with E-state index in [1.807, 2.05) is 0 Å². The second kappa shape index (κ2) is 11.8. The first-order chi connectivity index (χ1) is 13.6. The Bertz CT molecular complexity index is 710. The molecule has 1 rings (SSSR count). The molecule has 1 aromatic rings. The molecule has 0 aromatic heterocycles. The van der Waals surface area contributed by atoms with Crippen LogP contribution in [-0.4, -0.2) is 65.2 Å². The van der Waals surface area contributed by atoms with Crippen LogP contribution in [0.2, 0.25) is 0 Å². The lowest BCUT2D eigenvalue weighted by atomic mass is 10.0. The SMILES string of the molecule is CC(C)C(N)C(=O)NC(CO)C(=O)NC(Cc1ccccc1)C(=O)NCC(=O)O. The summed E-state index contributed by atoms with van der Waals surface area (Å²) in [5.74, 6) is -3.50. The van der Waals surface area contributed by atoms with Gasteiger partial charge in [0.1, 0.15) is 18.6 Å². The van der Waals surface area contributed by atoms with Gasteiger partial charge < -0.3 is 31.9 Å².